The fourth-order valence-corrected chi connectivity index (χ4v) is 3.74. The minimum atomic E-state index is -0.187. The van der Waals surface area contributed by atoms with Gasteiger partial charge in [-0.2, -0.15) is 5.10 Å². The average molecular weight is 422 g/mol. The molecule has 0 unspecified atom stereocenters. The molecule has 1 N–H and O–H groups in total. The third-order valence-corrected chi connectivity index (χ3v) is 5.67. The van der Waals surface area contributed by atoms with E-state index in [2.05, 4.69) is 10.2 Å². The normalized spacial score (nSPS) is 16.3. The van der Waals surface area contributed by atoms with Gasteiger partial charge in [0, 0.05) is 42.2 Å². The zero-order chi connectivity index (χ0) is 20.5. The molecule has 0 radical (unpaired) electrons. The van der Waals surface area contributed by atoms with Gasteiger partial charge in [0.15, 0.2) is 10.6 Å². The Hall–Kier alpha value is -1.70. The molecule has 3 rings (SSSR count). The Bertz CT molecular complexity index is 889. The molecule has 0 aliphatic carbocycles. The molecule has 0 saturated carbocycles. The number of rotatable bonds is 4. The second-order valence-corrected chi connectivity index (χ2v) is 9.25. The van der Waals surface area contributed by atoms with Gasteiger partial charge < -0.3 is 9.88 Å². The van der Waals surface area contributed by atoms with E-state index in [1.807, 2.05) is 61.3 Å². The predicted octanol–water partition coefficient (Wildman–Crippen LogP) is 3.86. The van der Waals surface area contributed by atoms with Gasteiger partial charge in [-0.25, -0.2) is 4.68 Å². The van der Waals surface area contributed by atoms with E-state index >= 15 is 0 Å². The number of carbonyl (C=O) groups is 1. The van der Waals surface area contributed by atoms with Crippen LogP contribution in [0.25, 0.3) is 11.4 Å². The summed E-state index contributed by atoms with van der Waals surface area (Å²) in [6.45, 7) is 8.39. The molecule has 1 aliphatic heterocycles. The van der Waals surface area contributed by atoms with E-state index in [4.69, 9.17) is 28.9 Å². The summed E-state index contributed by atoms with van der Waals surface area (Å²) in [4.78, 5) is 14.7. The number of aromatic nitrogens is 3. The van der Waals surface area contributed by atoms with E-state index in [9.17, 15) is 4.79 Å². The zero-order valence-electron chi connectivity index (χ0n) is 16.9. The molecule has 28 heavy (non-hydrogen) atoms. The van der Waals surface area contributed by atoms with Gasteiger partial charge in [0.05, 0.1) is 6.67 Å². The van der Waals surface area contributed by atoms with Crippen molar-refractivity contribution in [3.8, 4) is 11.4 Å². The number of nitrogens with one attached hydrogen (secondary N) is 1. The number of amides is 1. The first-order chi connectivity index (χ1) is 13.1. The summed E-state index contributed by atoms with van der Waals surface area (Å²) in [5, 5.41) is 8.51. The third-order valence-electron chi connectivity index (χ3n) is 4.93. The highest BCUT2D eigenvalue weighted by molar-refractivity contribution is 7.71. The smallest absolute Gasteiger partial charge is 0.223 e. The molecule has 2 aromatic rings. The number of nitrogens with zero attached hydrogens (tertiary/aromatic N) is 4. The number of hydrogen-bond acceptors (Lipinski definition) is 4. The van der Waals surface area contributed by atoms with Crippen molar-refractivity contribution in [1.29, 1.82) is 0 Å². The fourth-order valence-electron chi connectivity index (χ4n) is 3.43. The van der Waals surface area contributed by atoms with Gasteiger partial charge in [-0.1, -0.05) is 11.6 Å². The number of halogens is 1. The Kier molecular flexibility index (Phi) is 6.27. The van der Waals surface area contributed by atoms with Crippen molar-refractivity contribution in [2.24, 2.45) is 13.0 Å². The van der Waals surface area contributed by atoms with Gasteiger partial charge >= 0.3 is 0 Å². The van der Waals surface area contributed by atoms with Gasteiger partial charge in [0.2, 0.25) is 5.91 Å². The number of likely N-dealkylation sites (tertiary alicyclic amines) is 1. The molecule has 8 heteroatoms. The van der Waals surface area contributed by atoms with E-state index in [-0.39, 0.29) is 17.4 Å². The van der Waals surface area contributed by atoms with Crippen LogP contribution in [0.15, 0.2) is 24.3 Å². The van der Waals surface area contributed by atoms with Crippen molar-refractivity contribution < 1.29 is 4.79 Å². The number of piperidine rings is 1. The van der Waals surface area contributed by atoms with Crippen LogP contribution < -0.4 is 5.32 Å². The maximum Gasteiger partial charge on any atom is 0.223 e. The van der Waals surface area contributed by atoms with Crippen LogP contribution in [0.1, 0.15) is 33.6 Å². The maximum absolute atomic E-state index is 12.4. The van der Waals surface area contributed by atoms with Crippen molar-refractivity contribution in [1.82, 2.24) is 24.6 Å². The lowest BCUT2D eigenvalue weighted by Gasteiger charge is -2.32. The first-order valence-corrected chi connectivity index (χ1v) is 10.4. The van der Waals surface area contributed by atoms with Crippen molar-refractivity contribution in [3.05, 3.63) is 34.1 Å². The van der Waals surface area contributed by atoms with E-state index in [1.54, 1.807) is 0 Å². The minimum absolute atomic E-state index is 0.0804. The molecule has 0 atom stereocenters. The average Bonchev–Trinajstić information content (AvgIpc) is 2.90. The molecule has 6 nitrogen and oxygen atoms in total. The van der Waals surface area contributed by atoms with Gasteiger partial charge in [0.25, 0.3) is 0 Å². The van der Waals surface area contributed by atoms with Gasteiger partial charge in [-0.05, 0) is 70.1 Å². The maximum atomic E-state index is 12.4. The lowest BCUT2D eigenvalue weighted by Crippen LogP contribution is -2.47. The van der Waals surface area contributed by atoms with Gasteiger partial charge in [-0.3, -0.25) is 9.69 Å². The highest BCUT2D eigenvalue weighted by atomic mass is 35.5. The van der Waals surface area contributed by atoms with Crippen LogP contribution in [0.3, 0.4) is 0 Å². The summed E-state index contributed by atoms with van der Waals surface area (Å²) in [5.74, 6) is 1.06. The molecule has 1 fully saturated rings. The lowest BCUT2D eigenvalue weighted by atomic mass is 9.95. The van der Waals surface area contributed by atoms with E-state index in [1.165, 1.54) is 0 Å². The highest BCUT2D eigenvalue weighted by Crippen LogP contribution is 2.22. The van der Waals surface area contributed by atoms with E-state index < -0.39 is 0 Å². The van der Waals surface area contributed by atoms with Gasteiger partial charge in [-0.15, -0.1) is 0 Å². The first kappa shape index (κ1) is 21.0. The molecule has 1 aromatic heterocycles. The Morgan fingerprint density at radius 3 is 2.43 bits per heavy atom. The summed E-state index contributed by atoms with van der Waals surface area (Å²) in [5.41, 5.74) is 0.794. The summed E-state index contributed by atoms with van der Waals surface area (Å²) >= 11 is 11.6. The SMILES string of the molecule is Cn1c(-c2ccc(Cl)cc2)nn(CN2CCC(C(=O)NC(C)(C)C)CC2)c1=S. The van der Waals surface area contributed by atoms with E-state index in [0.717, 1.165) is 37.3 Å². The molecule has 2 heterocycles. The van der Waals surface area contributed by atoms with Crippen molar-refractivity contribution in [3.63, 3.8) is 0 Å². The molecule has 1 saturated heterocycles. The molecule has 1 aromatic carbocycles. The standard InChI is InChI=1S/C20H28ClN5OS/c1-20(2,3)22-18(27)15-9-11-25(12-10-15)13-26-19(28)24(4)17(23-26)14-5-7-16(21)8-6-14/h5-8,15H,9-13H2,1-4H3,(H,22,27). The molecular formula is C20H28ClN5OS. The summed E-state index contributed by atoms with van der Waals surface area (Å²) in [6, 6.07) is 7.60. The Morgan fingerprint density at radius 1 is 1.25 bits per heavy atom. The molecular weight excluding hydrogens is 394 g/mol. The topological polar surface area (TPSA) is 55.1 Å². The molecule has 1 aliphatic rings. The van der Waals surface area contributed by atoms with Crippen LogP contribution in [0.2, 0.25) is 5.02 Å². The van der Waals surface area contributed by atoms with Crippen LogP contribution in [0.4, 0.5) is 0 Å². The Labute approximate surface area is 176 Å². The van der Waals surface area contributed by atoms with Crippen molar-refractivity contribution in [2.45, 2.75) is 45.8 Å². The van der Waals surface area contributed by atoms with Crippen LogP contribution in [-0.4, -0.2) is 43.8 Å². The zero-order valence-corrected chi connectivity index (χ0v) is 18.5. The first-order valence-electron chi connectivity index (χ1n) is 9.58. The molecule has 0 bridgehead atoms. The van der Waals surface area contributed by atoms with Crippen LogP contribution in [0, 0.1) is 10.7 Å². The fraction of sp³-hybridized carbons (Fsp3) is 0.550. The third kappa shape index (κ3) is 5.01. The minimum Gasteiger partial charge on any atom is -0.351 e. The van der Waals surface area contributed by atoms with Gasteiger partial charge in [0.1, 0.15) is 0 Å². The monoisotopic (exact) mass is 421 g/mol. The number of carbonyl (C=O) groups excluding carboxylic acids is 1. The molecule has 152 valence electrons. The lowest BCUT2D eigenvalue weighted by molar-refractivity contribution is -0.128. The summed E-state index contributed by atoms with van der Waals surface area (Å²) in [6.07, 6.45) is 1.71. The summed E-state index contributed by atoms with van der Waals surface area (Å²) in [7, 11) is 1.93. The van der Waals surface area contributed by atoms with Crippen molar-refractivity contribution in [2.75, 3.05) is 13.1 Å². The number of benzene rings is 1. The highest BCUT2D eigenvalue weighted by Gasteiger charge is 2.27. The molecule has 1 amide bonds. The second-order valence-electron chi connectivity index (χ2n) is 8.44. The van der Waals surface area contributed by atoms with Crippen LogP contribution in [-0.2, 0) is 18.5 Å². The largest absolute Gasteiger partial charge is 0.351 e. The second kappa shape index (κ2) is 8.35. The quantitative estimate of drug-likeness (QED) is 0.761. The van der Waals surface area contributed by atoms with Crippen LogP contribution >= 0.6 is 23.8 Å². The van der Waals surface area contributed by atoms with Crippen LogP contribution in [0.5, 0.6) is 0 Å². The Morgan fingerprint density at radius 2 is 1.86 bits per heavy atom. The van der Waals surface area contributed by atoms with Crippen molar-refractivity contribution >= 4 is 29.7 Å². The predicted molar refractivity (Wildman–Crippen MR) is 115 cm³/mol. The summed E-state index contributed by atoms with van der Waals surface area (Å²) < 4.78 is 4.45. The number of hydrogen-bond donors (Lipinski definition) is 1. The Balaban J connectivity index is 1.64. The molecule has 0 spiro atoms. The van der Waals surface area contributed by atoms with E-state index in [0.29, 0.717) is 16.5 Å².